The maximum absolute atomic E-state index is 5.40. The second kappa shape index (κ2) is 7.03. The van der Waals surface area contributed by atoms with Gasteiger partial charge in [-0.15, -0.1) is 0 Å². The third kappa shape index (κ3) is 4.93. The number of hydrogen-bond donors (Lipinski definition) is 3. The Labute approximate surface area is 134 Å². The van der Waals surface area contributed by atoms with Crippen LogP contribution in [0, 0.1) is 5.92 Å². The first-order chi connectivity index (χ1) is 10.3. The van der Waals surface area contributed by atoms with Crippen LogP contribution in [0.1, 0.15) is 52.0 Å². The van der Waals surface area contributed by atoms with E-state index in [9.17, 15) is 0 Å². The quantitative estimate of drug-likeness (QED) is 0.590. The van der Waals surface area contributed by atoms with Crippen LogP contribution in [-0.2, 0) is 5.41 Å². The molecule has 0 radical (unpaired) electrons. The third-order valence-corrected chi connectivity index (χ3v) is 4.50. The summed E-state index contributed by atoms with van der Waals surface area (Å²) in [7, 11) is 0. The Morgan fingerprint density at radius 3 is 2.18 bits per heavy atom. The molecule has 2 rings (SSSR count). The Morgan fingerprint density at radius 1 is 1.09 bits per heavy atom. The van der Waals surface area contributed by atoms with Crippen LogP contribution in [0.2, 0.25) is 0 Å². The molecule has 0 unspecified atom stereocenters. The van der Waals surface area contributed by atoms with Crippen molar-refractivity contribution in [2.24, 2.45) is 22.4 Å². The summed E-state index contributed by atoms with van der Waals surface area (Å²) in [6.07, 6.45) is 4.75. The van der Waals surface area contributed by atoms with Gasteiger partial charge in [0.15, 0.2) is 5.96 Å². The molecule has 0 spiro atoms. The molecule has 1 saturated carbocycles. The lowest BCUT2D eigenvalue weighted by Gasteiger charge is -2.29. The lowest BCUT2D eigenvalue weighted by atomic mass is 9.85. The molecule has 4 heteroatoms. The topological polar surface area (TPSA) is 76.4 Å². The molecule has 1 aliphatic carbocycles. The van der Waals surface area contributed by atoms with Gasteiger partial charge in [-0.25, -0.2) is 0 Å². The van der Waals surface area contributed by atoms with E-state index in [4.69, 9.17) is 11.5 Å². The molecule has 5 N–H and O–H groups in total. The summed E-state index contributed by atoms with van der Waals surface area (Å²) in [5.41, 5.74) is 13.6. The largest absolute Gasteiger partial charge is 0.382 e. The van der Waals surface area contributed by atoms with Crippen LogP contribution < -0.4 is 16.8 Å². The van der Waals surface area contributed by atoms with Crippen molar-refractivity contribution in [2.75, 3.05) is 11.9 Å². The summed E-state index contributed by atoms with van der Waals surface area (Å²) in [5.74, 6) is 0.836. The van der Waals surface area contributed by atoms with Crippen molar-refractivity contribution in [3.05, 3.63) is 29.8 Å². The highest BCUT2D eigenvalue weighted by Crippen LogP contribution is 2.28. The normalized spacial score (nSPS) is 22.1. The van der Waals surface area contributed by atoms with E-state index < -0.39 is 0 Å². The molecular weight excluding hydrogens is 272 g/mol. The number of nitrogens with one attached hydrogen (secondary N) is 1. The van der Waals surface area contributed by atoms with Gasteiger partial charge in [-0.1, -0.05) is 32.9 Å². The van der Waals surface area contributed by atoms with E-state index in [-0.39, 0.29) is 11.4 Å². The summed E-state index contributed by atoms with van der Waals surface area (Å²) < 4.78 is 0. The van der Waals surface area contributed by atoms with E-state index in [1.54, 1.807) is 0 Å². The lowest BCUT2D eigenvalue weighted by molar-refractivity contribution is 0.345. The van der Waals surface area contributed by atoms with E-state index >= 15 is 0 Å². The van der Waals surface area contributed by atoms with Gasteiger partial charge in [0.25, 0.3) is 0 Å². The van der Waals surface area contributed by atoms with Crippen molar-refractivity contribution in [3.63, 3.8) is 0 Å². The standard InChI is InChI=1S/C18H30N4/c1-18(2,3)14-6-10-16(11-7-14)22-15-8-4-13(5-9-15)12-21-17(19)20/h6-7,10-11,13,15,22H,4-5,8-9,12H2,1-3H3,(H4,19,20,21). The van der Waals surface area contributed by atoms with Crippen molar-refractivity contribution in [1.29, 1.82) is 0 Å². The Hall–Kier alpha value is -1.71. The molecule has 0 saturated heterocycles. The average Bonchev–Trinajstić information content (AvgIpc) is 2.46. The molecule has 4 nitrogen and oxygen atoms in total. The number of aliphatic imine (C=N–C) groups is 1. The predicted octanol–water partition coefficient (Wildman–Crippen LogP) is 3.23. The minimum absolute atomic E-state index is 0.208. The van der Waals surface area contributed by atoms with Gasteiger partial charge in [-0.05, 0) is 54.7 Å². The van der Waals surface area contributed by atoms with E-state index in [1.165, 1.54) is 36.9 Å². The Balaban J connectivity index is 1.82. The second-order valence-electron chi connectivity index (χ2n) is 7.45. The van der Waals surface area contributed by atoms with Gasteiger partial charge in [0, 0.05) is 18.3 Å². The number of guanidine groups is 1. The first kappa shape index (κ1) is 16.7. The highest BCUT2D eigenvalue weighted by atomic mass is 15.0. The van der Waals surface area contributed by atoms with Crippen molar-refractivity contribution >= 4 is 11.6 Å². The van der Waals surface area contributed by atoms with Gasteiger partial charge < -0.3 is 16.8 Å². The smallest absolute Gasteiger partial charge is 0.185 e. The molecule has 1 aliphatic rings. The average molecular weight is 302 g/mol. The van der Waals surface area contributed by atoms with Gasteiger partial charge in [-0.3, -0.25) is 4.99 Å². The van der Waals surface area contributed by atoms with E-state index in [0.29, 0.717) is 12.0 Å². The number of hydrogen-bond acceptors (Lipinski definition) is 2. The molecule has 1 aromatic rings. The summed E-state index contributed by atoms with van der Waals surface area (Å²) >= 11 is 0. The number of rotatable bonds is 4. The van der Waals surface area contributed by atoms with E-state index in [1.807, 2.05) is 0 Å². The SMILES string of the molecule is CC(C)(C)c1ccc(NC2CCC(CN=C(N)N)CC2)cc1. The number of nitrogens with zero attached hydrogens (tertiary/aromatic N) is 1. The zero-order valence-corrected chi connectivity index (χ0v) is 14.1. The fourth-order valence-corrected chi connectivity index (χ4v) is 3.03. The first-order valence-corrected chi connectivity index (χ1v) is 8.27. The van der Waals surface area contributed by atoms with Gasteiger partial charge in [0.2, 0.25) is 0 Å². The number of anilines is 1. The highest BCUT2D eigenvalue weighted by molar-refractivity contribution is 5.75. The van der Waals surface area contributed by atoms with E-state index in [0.717, 1.165) is 6.54 Å². The molecule has 0 bridgehead atoms. The first-order valence-electron chi connectivity index (χ1n) is 8.27. The van der Waals surface area contributed by atoms with Gasteiger partial charge in [0.1, 0.15) is 0 Å². The molecule has 0 atom stereocenters. The zero-order chi connectivity index (χ0) is 16.2. The molecule has 1 aromatic carbocycles. The zero-order valence-electron chi connectivity index (χ0n) is 14.1. The van der Waals surface area contributed by atoms with Gasteiger partial charge in [-0.2, -0.15) is 0 Å². The summed E-state index contributed by atoms with van der Waals surface area (Å²) in [4.78, 5) is 4.14. The van der Waals surface area contributed by atoms with Crippen LogP contribution in [0.3, 0.4) is 0 Å². The summed E-state index contributed by atoms with van der Waals surface area (Å²) in [6, 6.07) is 9.42. The Bertz CT molecular complexity index is 487. The molecule has 22 heavy (non-hydrogen) atoms. The molecule has 0 amide bonds. The van der Waals surface area contributed by atoms with Crippen LogP contribution in [0.25, 0.3) is 0 Å². The van der Waals surface area contributed by atoms with Crippen LogP contribution >= 0.6 is 0 Å². The molecular formula is C18H30N4. The predicted molar refractivity (Wildman–Crippen MR) is 95.2 cm³/mol. The van der Waals surface area contributed by atoms with Crippen molar-refractivity contribution in [2.45, 2.75) is 57.9 Å². The molecule has 0 aliphatic heterocycles. The highest BCUT2D eigenvalue weighted by Gasteiger charge is 2.21. The fraction of sp³-hybridized carbons (Fsp3) is 0.611. The Kier molecular flexibility index (Phi) is 5.33. The minimum atomic E-state index is 0.208. The minimum Gasteiger partial charge on any atom is -0.382 e. The Morgan fingerprint density at radius 2 is 1.68 bits per heavy atom. The van der Waals surface area contributed by atoms with Gasteiger partial charge >= 0.3 is 0 Å². The number of benzene rings is 1. The summed E-state index contributed by atoms with van der Waals surface area (Å²) in [6.45, 7) is 7.50. The molecule has 0 heterocycles. The third-order valence-electron chi connectivity index (χ3n) is 4.50. The lowest BCUT2D eigenvalue weighted by Crippen LogP contribution is -2.28. The fourth-order valence-electron chi connectivity index (χ4n) is 3.03. The van der Waals surface area contributed by atoms with Crippen molar-refractivity contribution < 1.29 is 0 Å². The molecule has 1 fully saturated rings. The van der Waals surface area contributed by atoms with Crippen molar-refractivity contribution in [1.82, 2.24) is 0 Å². The maximum Gasteiger partial charge on any atom is 0.185 e. The van der Waals surface area contributed by atoms with Gasteiger partial charge in [0.05, 0.1) is 0 Å². The van der Waals surface area contributed by atoms with Crippen LogP contribution in [0.15, 0.2) is 29.3 Å². The van der Waals surface area contributed by atoms with Crippen LogP contribution in [0.5, 0.6) is 0 Å². The second-order valence-corrected chi connectivity index (χ2v) is 7.45. The molecule has 122 valence electrons. The van der Waals surface area contributed by atoms with Crippen LogP contribution in [-0.4, -0.2) is 18.5 Å². The monoisotopic (exact) mass is 302 g/mol. The van der Waals surface area contributed by atoms with Crippen molar-refractivity contribution in [3.8, 4) is 0 Å². The van der Waals surface area contributed by atoms with Crippen LogP contribution in [0.4, 0.5) is 5.69 Å². The van der Waals surface area contributed by atoms with E-state index in [2.05, 4.69) is 55.3 Å². The molecule has 0 aromatic heterocycles. The maximum atomic E-state index is 5.40. The summed E-state index contributed by atoms with van der Waals surface area (Å²) in [5, 5.41) is 3.66. The number of nitrogens with two attached hydrogens (primary N) is 2.